The average molecular weight is 367 g/mol. The van der Waals surface area contributed by atoms with E-state index in [2.05, 4.69) is 37.7 Å². The molecule has 0 aliphatic rings. The van der Waals surface area contributed by atoms with Crippen LogP contribution in [0.1, 0.15) is 5.56 Å². The minimum Gasteiger partial charge on any atom is -0.366 e. The Labute approximate surface area is 161 Å². The van der Waals surface area contributed by atoms with Crippen molar-refractivity contribution in [2.45, 2.75) is 6.54 Å². The van der Waals surface area contributed by atoms with Crippen molar-refractivity contribution in [3.8, 4) is 22.5 Å². The zero-order chi connectivity index (χ0) is 18.8. The molecule has 136 valence electrons. The summed E-state index contributed by atoms with van der Waals surface area (Å²) in [5.41, 5.74) is 5.85. The predicted molar refractivity (Wildman–Crippen MR) is 108 cm³/mol. The second kappa shape index (κ2) is 6.96. The molecule has 4 aromatic heterocycles. The SMILES string of the molecule is c1ccc(-c2[nH]ncc2CNc2cc(-c3ccncc3)nc3ccnn23)cc1. The van der Waals surface area contributed by atoms with Gasteiger partial charge in [0.05, 0.1) is 23.8 Å². The van der Waals surface area contributed by atoms with Crippen LogP contribution in [0.15, 0.2) is 79.4 Å². The lowest BCUT2D eigenvalue weighted by molar-refractivity contribution is 0.927. The quantitative estimate of drug-likeness (QED) is 0.494. The minimum atomic E-state index is 0.607. The number of anilines is 1. The predicted octanol–water partition coefficient (Wildman–Crippen LogP) is 3.79. The number of nitrogens with one attached hydrogen (secondary N) is 2. The molecule has 0 amide bonds. The molecule has 0 aliphatic carbocycles. The highest BCUT2D eigenvalue weighted by Crippen LogP contribution is 2.24. The van der Waals surface area contributed by atoms with Crippen molar-refractivity contribution in [2.75, 3.05) is 5.32 Å². The maximum absolute atomic E-state index is 4.69. The lowest BCUT2D eigenvalue weighted by Crippen LogP contribution is -2.07. The van der Waals surface area contributed by atoms with Crippen LogP contribution in [0.2, 0.25) is 0 Å². The highest BCUT2D eigenvalue weighted by Gasteiger charge is 2.11. The molecule has 0 saturated carbocycles. The lowest BCUT2D eigenvalue weighted by atomic mass is 10.1. The molecule has 0 aliphatic heterocycles. The van der Waals surface area contributed by atoms with E-state index in [1.165, 1.54) is 0 Å². The van der Waals surface area contributed by atoms with Crippen LogP contribution >= 0.6 is 0 Å². The van der Waals surface area contributed by atoms with Gasteiger partial charge in [0.25, 0.3) is 0 Å². The molecule has 5 aromatic rings. The Morgan fingerprint density at radius 2 is 1.79 bits per heavy atom. The molecule has 0 radical (unpaired) electrons. The van der Waals surface area contributed by atoms with E-state index in [-0.39, 0.29) is 0 Å². The fourth-order valence-electron chi connectivity index (χ4n) is 3.20. The van der Waals surface area contributed by atoms with Crippen LogP contribution in [0.5, 0.6) is 0 Å². The summed E-state index contributed by atoms with van der Waals surface area (Å²) in [5.74, 6) is 0.863. The van der Waals surface area contributed by atoms with Crippen LogP contribution in [0.25, 0.3) is 28.2 Å². The molecule has 0 fully saturated rings. The Hall–Kier alpha value is -4.00. The molecule has 5 rings (SSSR count). The van der Waals surface area contributed by atoms with E-state index in [4.69, 9.17) is 4.98 Å². The Bertz CT molecular complexity index is 1210. The van der Waals surface area contributed by atoms with E-state index < -0.39 is 0 Å². The van der Waals surface area contributed by atoms with Gasteiger partial charge in [0, 0.05) is 42.2 Å². The first kappa shape index (κ1) is 16.2. The number of H-pyrrole nitrogens is 1. The lowest BCUT2D eigenvalue weighted by Gasteiger charge is -2.11. The first-order chi connectivity index (χ1) is 13.9. The molecule has 1 aromatic carbocycles. The van der Waals surface area contributed by atoms with Gasteiger partial charge in [0.15, 0.2) is 5.65 Å². The summed E-state index contributed by atoms with van der Waals surface area (Å²) in [6.07, 6.45) is 7.13. The monoisotopic (exact) mass is 367 g/mol. The Balaban J connectivity index is 1.48. The van der Waals surface area contributed by atoms with Crippen molar-refractivity contribution in [1.82, 2.24) is 29.8 Å². The van der Waals surface area contributed by atoms with E-state index in [9.17, 15) is 0 Å². The summed E-state index contributed by atoms with van der Waals surface area (Å²) in [4.78, 5) is 8.77. The Morgan fingerprint density at radius 1 is 0.929 bits per heavy atom. The zero-order valence-electron chi connectivity index (χ0n) is 14.9. The Morgan fingerprint density at radius 3 is 2.64 bits per heavy atom. The molecule has 0 spiro atoms. The summed E-state index contributed by atoms with van der Waals surface area (Å²) < 4.78 is 1.80. The van der Waals surface area contributed by atoms with Crippen molar-refractivity contribution in [3.63, 3.8) is 0 Å². The standard InChI is InChI=1S/C21H17N7/c1-2-4-16(5-3-1)21-17(14-24-27-21)13-23-20-12-18(15-6-9-22-10-7-15)26-19-8-11-25-28(19)20/h1-12,14,23H,13H2,(H,24,27). The summed E-state index contributed by atoms with van der Waals surface area (Å²) in [7, 11) is 0. The maximum atomic E-state index is 4.69. The smallest absolute Gasteiger partial charge is 0.157 e. The summed E-state index contributed by atoms with van der Waals surface area (Å²) in [6.45, 7) is 0.607. The third-order valence-corrected chi connectivity index (χ3v) is 4.58. The molecular weight excluding hydrogens is 350 g/mol. The van der Waals surface area contributed by atoms with Gasteiger partial charge in [-0.25, -0.2) is 4.98 Å². The van der Waals surface area contributed by atoms with Crippen LogP contribution in [0, 0.1) is 0 Å². The number of fused-ring (bicyclic) bond motifs is 1. The molecule has 4 heterocycles. The van der Waals surface area contributed by atoms with Gasteiger partial charge in [-0.2, -0.15) is 14.7 Å². The molecule has 0 saturated heterocycles. The number of rotatable bonds is 5. The van der Waals surface area contributed by atoms with E-state index in [0.717, 1.165) is 39.5 Å². The first-order valence-corrected chi connectivity index (χ1v) is 8.95. The fourth-order valence-corrected chi connectivity index (χ4v) is 3.20. The number of nitrogens with zero attached hydrogens (tertiary/aromatic N) is 5. The largest absolute Gasteiger partial charge is 0.366 e. The molecular formula is C21H17N7. The van der Waals surface area contributed by atoms with Crippen LogP contribution in [-0.2, 0) is 6.54 Å². The van der Waals surface area contributed by atoms with E-state index in [1.54, 1.807) is 23.1 Å². The molecule has 28 heavy (non-hydrogen) atoms. The maximum Gasteiger partial charge on any atom is 0.157 e. The number of aromatic nitrogens is 6. The average Bonchev–Trinajstić information content (AvgIpc) is 3.42. The van der Waals surface area contributed by atoms with E-state index in [0.29, 0.717) is 6.54 Å². The van der Waals surface area contributed by atoms with Gasteiger partial charge < -0.3 is 5.32 Å². The van der Waals surface area contributed by atoms with E-state index in [1.807, 2.05) is 48.7 Å². The summed E-state index contributed by atoms with van der Waals surface area (Å²) >= 11 is 0. The molecule has 0 bridgehead atoms. The molecule has 2 N–H and O–H groups in total. The highest BCUT2D eigenvalue weighted by atomic mass is 15.3. The van der Waals surface area contributed by atoms with Gasteiger partial charge >= 0.3 is 0 Å². The summed E-state index contributed by atoms with van der Waals surface area (Å²) in [5, 5.41) is 15.2. The first-order valence-electron chi connectivity index (χ1n) is 8.95. The van der Waals surface area contributed by atoms with E-state index >= 15 is 0 Å². The van der Waals surface area contributed by atoms with Gasteiger partial charge in [-0.15, -0.1) is 0 Å². The highest BCUT2D eigenvalue weighted by molar-refractivity contribution is 5.67. The van der Waals surface area contributed by atoms with Gasteiger partial charge in [-0.3, -0.25) is 10.1 Å². The van der Waals surface area contributed by atoms with Crippen LogP contribution < -0.4 is 5.32 Å². The third kappa shape index (κ3) is 2.99. The van der Waals surface area contributed by atoms with Crippen LogP contribution in [-0.4, -0.2) is 29.8 Å². The van der Waals surface area contributed by atoms with Crippen molar-refractivity contribution in [3.05, 3.63) is 84.9 Å². The van der Waals surface area contributed by atoms with Gasteiger partial charge in [-0.05, 0) is 17.7 Å². The van der Waals surface area contributed by atoms with Gasteiger partial charge in [-0.1, -0.05) is 30.3 Å². The van der Waals surface area contributed by atoms with Gasteiger partial charge in [0.2, 0.25) is 0 Å². The summed E-state index contributed by atoms with van der Waals surface area (Å²) in [6, 6.07) is 18.0. The van der Waals surface area contributed by atoms with Crippen molar-refractivity contribution in [1.29, 1.82) is 0 Å². The second-order valence-corrected chi connectivity index (χ2v) is 6.35. The molecule has 7 heteroatoms. The Kier molecular flexibility index (Phi) is 4.02. The molecule has 7 nitrogen and oxygen atoms in total. The van der Waals surface area contributed by atoms with Crippen LogP contribution in [0.4, 0.5) is 5.82 Å². The zero-order valence-corrected chi connectivity index (χ0v) is 14.9. The van der Waals surface area contributed by atoms with Crippen LogP contribution in [0.3, 0.4) is 0 Å². The fraction of sp³-hybridized carbons (Fsp3) is 0.0476. The number of hydrogen-bond acceptors (Lipinski definition) is 5. The minimum absolute atomic E-state index is 0.607. The topological polar surface area (TPSA) is 83.8 Å². The number of benzene rings is 1. The number of hydrogen-bond donors (Lipinski definition) is 2. The van der Waals surface area contributed by atoms with Crippen molar-refractivity contribution in [2.24, 2.45) is 0 Å². The number of pyridine rings is 1. The normalized spacial score (nSPS) is 11.0. The third-order valence-electron chi connectivity index (χ3n) is 4.58. The van der Waals surface area contributed by atoms with Crippen molar-refractivity contribution >= 4 is 11.5 Å². The molecule has 0 atom stereocenters. The van der Waals surface area contributed by atoms with Crippen molar-refractivity contribution < 1.29 is 0 Å². The molecule has 0 unspecified atom stereocenters. The van der Waals surface area contributed by atoms with Gasteiger partial charge in [0.1, 0.15) is 5.82 Å². The number of aromatic amines is 1. The second-order valence-electron chi connectivity index (χ2n) is 6.35.